The van der Waals surface area contributed by atoms with Crippen molar-refractivity contribution in [2.75, 3.05) is 24.5 Å². The van der Waals surface area contributed by atoms with E-state index in [9.17, 15) is 9.18 Å². The molecule has 2 aliphatic heterocycles. The van der Waals surface area contributed by atoms with E-state index in [0.29, 0.717) is 25.2 Å². The van der Waals surface area contributed by atoms with Gasteiger partial charge < -0.3 is 20.1 Å². The topological polar surface area (TPSA) is 75.1 Å². The van der Waals surface area contributed by atoms with E-state index in [4.69, 9.17) is 0 Å². The fourth-order valence-corrected chi connectivity index (χ4v) is 4.43. The van der Waals surface area contributed by atoms with E-state index in [1.165, 1.54) is 18.9 Å². The van der Waals surface area contributed by atoms with Gasteiger partial charge in [0.15, 0.2) is 0 Å². The largest absolute Gasteiger partial charge is 0.367 e. The van der Waals surface area contributed by atoms with Gasteiger partial charge in [0.2, 0.25) is 0 Å². The number of piperidine rings is 1. The minimum Gasteiger partial charge on any atom is -0.367 e. The second-order valence-electron chi connectivity index (χ2n) is 8.39. The van der Waals surface area contributed by atoms with Crippen LogP contribution >= 0.6 is 0 Å². The minimum atomic E-state index is -0.210. The summed E-state index contributed by atoms with van der Waals surface area (Å²) >= 11 is 0. The Hall–Kier alpha value is -2.64. The number of rotatable bonds is 5. The Kier molecular flexibility index (Phi) is 6.50. The Balaban J connectivity index is 1.26. The van der Waals surface area contributed by atoms with Crippen LogP contribution in [0, 0.1) is 12.7 Å². The van der Waals surface area contributed by atoms with E-state index in [1.807, 2.05) is 17.9 Å². The lowest BCUT2D eigenvalue weighted by Crippen LogP contribution is -2.51. The molecule has 0 aliphatic carbocycles. The van der Waals surface area contributed by atoms with Gasteiger partial charge >= 0.3 is 6.03 Å². The van der Waals surface area contributed by atoms with Gasteiger partial charge in [-0.25, -0.2) is 9.18 Å². The summed E-state index contributed by atoms with van der Waals surface area (Å²) < 4.78 is 16.4. The van der Waals surface area contributed by atoms with Crippen molar-refractivity contribution >= 4 is 11.7 Å². The highest BCUT2D eigenvalue weighted by Crippen LogP contribution is 2.24. The number of nitrogens with one attached hydrogen (secondary N) is 2. The first-order valence-corrected chi connectivity index (χ1v) is 11.1. The molecule has 1 fully saturated rings. The maximum Gasteiger partial charge on any atom is 0.315 e. The van der Waals surface area contributed by atoms with Crippen LogP contribution in [0.15, 0.2) is 18.2 Å². The molecule has 1 saturated heterocycles. The molecule has 1 unspecified atom stereocenters. The van der Waals surface area contributed by atoms with Crippen LogP contribution in [0.25, 0.3) is 0 Å². The van der Waals surface area contributed by atoms with Crippen molar-refractivity contribution in [3.63, 3.8) is 0 Å². The highest BCUT2D eigenvalue weighted by atomic mass is 19.1. The number of carbonyl (C=O) groups is 1. The summed E-state index contributed by atoms with van der Waals surface area (Å²) in [6.07, 6.45) is 7.04. The van der Waals surface area contributed by atoms with Crippen LogP contribution in [0.2, 0.25) is 0 Å². The van der Waals surface area contributed by atoms with E-state index < -0.39 is 0 Å². The Morgan fingerprint density at radius 3 is 3.00 bits per heavy atom. The Morgan fingerprint density at radius 1 is 1.20 bits per heavy atom. The van der Waals surface area contributed by atoms with E-state index in [0.717, 1.165) is 56.0 Å². The lowest BCUT2D eigenvalue weighted by atomic mass is 10.0. The van der Waals surface area contributed by atoms with Gasteiger partial charge in [-0.2, -0.15) is 0 Å². The number of carbonyl (C=O) groups excluding carboxylic acids is 1. The third kappa shape index (κ3) is 4.91. The van der Waals surface area contributed by atoms with E-state index in [-0.39, 0.29) is 17.9 Å². The summed E-state index contributed by atoms with van der Waals surface area (Å²) in [5.41, 5.74) is 1.65. The molecule has 7 nitrogen and oxygen atoms in total. The Morgan fingerprint density at radius 2 is 2.10 bits per heavy atom. The molecule has 162 valence electrons. The number of anilines is 1. The average Bonchev–Trinajstić information content (AvgIpc) is 2.96. The van der Waals surface area contributed by atoms with Crippen molar-refractivity contribution in [1.29, 1.82) is 0 Å². The molecule has 4 rings (SSSR count). The van der Waals surface area contributed by atoms with Gasteiger partial charge in [-0.1, -0.05) is 12.5 Å². The van der Waals surface area contributed by atoms with Crippen molar-refractivity contribution in [2.24, 2.45) is 0 Å². The zero-order valence-corrected chi connectivity index (χ0v) is 17.7. The average molecular weight is 415 g/mol. The number of halogens is 1. The first kappa shape index (κ1) is 20.6. The van der Waals surface area contributed by atoms with Crippen LogP contribution in [0.5, 0.6) is 0 Å². The first-order chi connectivity index (χ1) is 14.6. The molecule has 1 atom stereocenters. The maximum atomic E-state index is 14.2. The van der Waals surface area contributed by atoms with E-state index >= 15 is 0 Å². The number of hydrogen-bond donors (Lipinski definition) is 2. The van der Waals surface area contributed by atoms with Crippen molar-refractivity contribution < 1.29 is 9.18 Å². The Labute approximate surface area is 177 Å². The van der Waals surface area contributed by atoms with E-state index in [1.54, 1.807) is 6.07 Å². The third-order valence-electron chi connectivity index (χ3n) is 6.02. The number of amides is 2. The van der Waals surface area contributed by atoms with Gasteiger partial charge in [0.25, 0.3) is 0 Å². The van der Waals surface area contributed by atoms with E-state index in [2.05, 4.69) is 25.4 Å². The van der Waals surface area contributed by atoms with Crippen LogP contribution in [0.1, 0.15) is 49.3 Å². The summed E-state index contributed by atoms with van der Waals surface area (Å²) in [7, 11) is 0. The monoisotopic (exact) mass is 414 g/mol. The van der Waals surface area contributed by atoms with Crippen molar-refractivity contribution in [3.8, 4) is 0 Å². The molecular formula is C22H31FN6O. The lowest BCUT2D eigenvalue weighted by molar-refractivity contribution is 0.235. The second-order valence-corrected chi connectivity index (χ2v) is 8.39. The second kappa shape index (κ2) is 9.45. The van der Waals surface area contributed by atoms with Crippen LogP contribution in [0.4, 0.5) is 14.9 Å². The van der Waals surface area contributed by atoms with Gasteiger partial charge in [0.1, 0.15) is 17.5 Å². The van der Waals surface area contributed by atoms with Crippen molar-refractivity contribution in [3.05, 3.63) is 41.2 Å². The molecule has 0 bridgehead atoms. The molecule has 0 saturated carbocycles. The molecule has 2 N–H and O–H groups in total. The zero-order chi connectivity index (χ0) is 20.9. The number of hydrogen-bond acceptors (Lipinski definition) is 4. The fourth-order valence-electron chi connectivity index (χ4n) is 4.43. The summed E-state index contributed by atoms with van der Waals surface area (Å²) in [5.74, 6) is 1.81. The Bertz CT molecular complexity index is 883. The number of aryl methyl sites for hydroxylation is 2. The lowest BCUT2D eigenvalue weighted by Gasteiger charge is -2.35. The molecule has 8 heteroatoms. The normalized spacial score (nSPS) is 19.1. The number of aromatic nitrogens is 3. The van der Waals surface area contributed by atoms with Gasteiger partial charge in [0, 0.05) is 45.1 Å². The quantitative estimate of drug-likeness (QED) is 0.789. The van der Waals surface area contributed by atoms with Gasteiger partial charge in [-0.05, 0) is 50.3 Å². The van der Waals surface area contributed by atoms with Gasteiger partial charge in [-0.15, -0.1) is 10.2 Å². The molecule has 1 aromatic carbocycles. The highest BCUT2D eigenvalue weighted by molar-refractivity contribution is 5.74. The summed E-state index contributed by atoms with van der Waals surface area (Å²) in [5, 5.41) is 14.6. The molecule has 0 radical (unpaired) electrons. The molecular weight excluding hydrogens is 383 g/mol. The van der Waals surface area contributed by atoms with Crippen LogP contribution in [0.3, 0.4) is 0 Å². The highest BCUT2D eigenvalue weighted by Gasteiger charge is 2.23. The first-order valence-electron chi connectivity index (χ1n) is 11.1. The third-order valence-corrected chi connectivity index (χ3v) is 6.02. The molecule has 1 aromatic heterocycles. The summed E-state index contributed by atoms with van der Waals surface area (Å²) in [6, 6.07) is 4.99. The number of urea groups is 1. The molecule has 2 aliphatic rings. The predicted molar refractivity (Wildman–Crippen MR) is 114 cm³/mol. The summed E-state index contributed by atoms with van der Waals surface area (Å²) in [4.78, 5) is 14.4. The summed E-state index contributed by atoms with van der Waals surface area (Å²) in [6.45, 7) is 4.87. The predicted octanol–water partition coefficient (Wildman–Crippen LogP) is 2.96. The number of nitrogens with zero attached hydrogens (tertiary/aromatic N) is 4. The standard InChI is InChI=1S/C22H31FN6O/c1-16-8-9-18(23)19(14-16)28-12-5-6-17(15-28)25-22(30)24-11-10-21-27-26-20-7-3-2-4-13-29(20)21/h8-9,14,17H,2-7,10-13,15H2,1H3,(H2,24,25,30). The minimum absolute atomic E-state index is 0.00280. The van der Waals surface area contributed by atoms with Crippen LogP contribution in [-0.4, -0.2) is 46.5 Å². The fraction of sp³-hybridized carbons (Fsp3) is 0.591. The van der Waals surface area contributed by atoms with Crippen molar-refractivity contribution in [1.82, 2.24) is 25.4 Å². The smallest absolute Gasteiger partial charge is 0.315 e. The molecule has 2 amide bonds. The van der Waals surface area contributed by atoms with Crippen LogP contribution in [-0.2, 0) is 19.4 Å². The molecule has 30 heavy (non-hydrogen) atoms. The SMILES string of the molecule is Cc1ccc(F)c(N2CCCC(NC(=O)NCCc3nnc4n3CCCCC4)C2)c1. The number of benzene rings is 1. The molecule has 0 spiro atoms. The molecule has 2 aromatic rings. The van der Waals surface area contributed by atoms with Crippen LogP contribution < -0.4 is 15.5 Å². The zero-order valence-electron chi connectivity index (χ0n) is 17.7. The van der Waals surface area contributed by atoms with Gasteiger partial charge in [0.05, 0.1) is 5.69 Å². The van der Waals surface area contributed by atoms with Crippen molar-refractivity contribution in [2.45, 2.75) is 64.5 Å². The van der Waals surface area contributed by atoms with Gasteiger partial charge in [-0.3, -0.25) is 0 Å². The number of fused-ring (bicyclic) bond motifs is 1. The maximum absolute atomic E-state index is 14.2. The molecule has 3 heterocycles.